The molecule has 0 aliphatic carbocycles. The quantitative estimate of drug-likeness (QED) is 0.382. The van der Waals surface area contributed by atoms with Gasteiger partial charge in [-0.3, -0.25) is 4.79 Å². The van der Waals surface area contributed by atoms with E-state index in [2.05, 4.69) is 0 Å². The van der Waals surface area contributed by atoms with Gasteiger partial charge in [0.25, 0.3) is 0 Å². The van der Waals surface area contributed by atoms with E-state index in [0.29, 0.717) is 22.8 Å². The molecule has 1 heterocycles. The smallest absolute Gasteiger partial charge is 0.192 e. The van der Waals surface area contributed by atoms with Gasteiger partial charge in [-0.05, 0) is 68.0 Å². The number of sulfone groups is 1. The van der Waals surface area contributed by atoms with Crippen LogP contribution >= 0.6 is 0 Å². The topological polar surface area (TPSA) is 88.1 Å². The fourth-order valence-corrected chi connectivity index (χ4v) is 5.94. The van der Waals surface area contributed by atoms with Crippen LogP contribution in [0.25, 0.3) is 6.08 Å². The molecule has 1 unspecified atom stereocenters. The van der Waals surface area contributed by atoms with Crippen LogP contribution in [0.2, 0.25) is 0 Å². The molecule has 1 aliphatic heterocycles. The lowest BCUT2D eigenvalue weighted by molar-refractivity contribution is 0.0983. The molecule has 188 valence electrons. The van der Waals surface area contributed by atoms with Crippen molar-refractivity contribution in [2.24, 2.45) is 0 Å². The van der Waals surface area contributed by atoms with Crippen molar-refractivity contribution in [2.75, 3.05) is 21.3 Å². The van der Waals surface area contributed by atoms with Crippen LogP contribution in [0.5, 0.6) is 23.0 Å². The van der Waals surface area contributed by atoms with Gasteiger partial charge in [-0.2, -0.15) is 0 Å². The lowest BCUT2D eigenvalue weighted by Gasteiger charge is -2.29. The zero-order chi connectivity index (χ0) is 26.1. The molecule has 0 spiro atoms. The molecule has 0 bridgehead atoms. The van der Waals surface area contributed by atoms with Crippen LogP contribution in [0.1, 0.15) is 40.6 Å². The third-order valence-corrected chi connectivity index (χ3v) is 8.02. The maximum Gasteiger partial charge on any atom is 0.192 e. The van der Waals surface area contributed by atoms with Gasteiger partial charge in [-0.15, -0.1) is 0 Å². The van der Waals surface area contributed by atoms with Crippen LogP contribution in [-0.4, -0.2) is 41.1 Å². The molecule has 1 atom stereocenters. The van der Waals surface area contributed by atoms with Crippen molar-refractivity contribution in [3.05, 3.63) is 83.4 Å². The summed E-state index contributed by atoms with van der Waals surface area (Å²) in [4.78, 5) is 14.1. The zero-order valence-corrected chi connectivity index (χ0v) is 21.6. The highest BCUT2D eigenvalue weighted by molar-refractivity contribution is 7.92. The number of rotatable bonds is 8. The Kier molecular flexibility index (Phi) is 6.82. The highest BCUT2D eigenvalue weighted by Crippen LogP contribution is 2.43. The molecule has 0 saturated heterocycles. The lowest BCUT2D eigenvalue weighted by Crippen LogP contribution is -2.28. The number of hydrogen-bond donors (Lipinski definition) is 0. The Morgan fingerprint density at radius 2 is 1.58 bits per heavy atom. The van der Waals surface area contributed by atoms with Gasteiger partial charge in [-0.25, -0.2) is 8.42 Å². The van der Waals surface area contributed by atoms with Crippen molar-refractivity contribution >= 4 is 21.7 Å². The van der Waals surface area contributed by atoms with Crippen molar-refractivity contribution in [2.45, 2.75) is 29.6 Å². The molecule has 0 amide bonds. The maximum atomic E-state index is 14.1. The second kappa shape index (κ2) is 9.70. The normalized spacial score (nSPS) is 14.8. The summed E-state index contributed by atoms with van der Waals surface area (Å²) >= 11 is 0. The van der Waals surface area contributed by atoms with Crippen molar-refractivity contribution in [1.82, 2.24) is 0 Å². The first-order chi connectivity index (χ1) is 17.1. The third kappa shape index (κ3) is 4.56. The molecule has 0 fully saturated rings. The van der Waals surface area contributed by atoms with Gasteiger partial charge in [0.2, 0.25) is 0 Å². The van der Waals surface area contributed by atoms with Crippen molar-refractivity contribution in [3.8, 4) is 23.0 Å². The second-order valence-electron chi connectivity index (χ2n) is 8.81. The minimum absolute atomic E-state index is 0.0278. The molecular weight excluding hydrogens is 480 g/mol. The fraction of sp³-hybridized carbons (Fsp3) is 0.250. The average molecular weight is 509 g/mol. The van der Waals surface area contributed by atoms with Crippen LogP contribution in [-0.2, 0) is 9.84 Å². The van der Waals surface area contributed by atoms with Crippen LogP contribution < -0.4 is 18.9 Å². The Balaban J connectivity index is 1.92. The number of benzene rings is 3. The van der Waals surface area contributed by atoms with Gasteiger partial charge in [0.05, 0.1) is 37.4 Å². The van der Waals surface area contributed by atoms with Gasteiger partial charge in [0.1, 0.15) is 17.1 Å². The molecule has 7 nitrogen and oxygen atoms in total. The van der Waals surface area contributed by atoms with E-state index >= 15 is 0 Å². The molecule has 0 saturated carbocycles. The summed E-state index contributed by atoms with van der Waals surface area (Å²) in [6.07, 6.45) is 3.68. The summed E-state index contributed by atoms with van der Waals surface area (Å²) in [6, 6.07) is 15.8. The predicted molar refractivity (Wildman–Crippen MR) is 137 cm³/mol. The summed E-state index contributed by atoms with van der Waals surface area (Å²) in [5, 5.41) is -1.56. The van der Waals surface area contributed by atoms with E-state index in [-0.39, 0.29) is 21.8 Å². The first-order valence-corrected chi connectivity index (χ1v) is 12.8. The monoisotopic (exact) mass is 508 g/mol. The average Bonchev–Trinajstić information content (AvgIpc) is 2.87. The highest BCUT2D eigenvalue weighted by atomic mass is 32.2. The second-order valence-corrected chi connectivity index (χ2v) is 10.8. The number of fused-ring (bicyclic) bond motifs is 1. The minimum Gasteiger partial charge on any atom is -0.495 e. The van der Waals surface area contributed by atoms with E-state index in [1.807, 2.05) is 26.0 Å². The molecule has 0 aromatic heterocycles. The van der Waals surface area contributed by atoms with Gasteiger partial charge >= 0.3 is 0 Å². The first kappa shape index (κ1) is 25.3. The van der Waals surface area contributed by atoms with Crippen LogP contribution in [0.4, 0.5) is 0 Å². The standard InChI is InChI=1S/C28H28O7S/c1-28(2)16-15-20-22(35-28)14-12-21(26(20)34-5)25(29)27(36(30,31)19-9-7-6-8-10-19)18-11-13-23(32-3)24(17-18)33-4/h6-17,27H,1-5H3. The molecule has 3 aromatic carbocycles. The predicted octanol–water partition coefficient (Wildman–Crippen LogP) is 5.29. The van der Waals surface area contributed by atoms with Crippen molar-refractivity contribution in [1.29, 1.82) is 0 Å². The summed E-state index contributed by atoms with van der Waals surface area (Å²) in [7, 11) is 0.211. The van der Waals surface area contributed by atoms with Gasteiger partial charge in [0.15, 0.2) is 32.4 Å². The summed E-state index contributed by atoms with van der Waals surface area (Å²) in [5.74, 6) is 0.888. The van der Waals surface area contributed by atoms with E-state index in [9.17, 15) is 13.2 Å². The lowest BCUT2D eigenvalue weighted by atomic mass is 9.95. The number of Topliss-reactive ketones (excluding diaryl/α,β-unsaturated/α-hetero) is 1. The zero-order valence-electron chi connectivity index (χ0n) is 20.8. The van der Waals surface area contributed by atoms with E-state index in [1.54, 1.807) is 42.5 Å². The van der Waals surface area contributed by atoms with Crippen LogP contribution in [0, 0.1) is 0 Å². The van der Waals surface area contributed by atoms with Gasteiger partial charge in [-0.1, -0.05) is 24.3 Å². The molecule has 3 aromatic rings. The largest absolute Gasteiger partial charge is 0.495 e. The number of carbonyl (C=O) groups excluding carboxylic acids is 1. The number of ketones is 1. The van der Waals surface area contributed by atoms with E-state index in [4.69, 9.17) is 18.9 Å². The number of ether oxygens (including phenoxy) is 4. The van der Waals surface area contributed by atoms with Gasteiger partial charge in [0, 0.05) is 0 Å². The first-order valence-electron chi connectivity index (χ1n) is 11.3. The summed E-state index contributed by atoms with van der Waals surface area (Å²) in [5.41, 5.74) is 0.422. The molecule has 8 heteroatoms. The van der Waals surface area contributed by atoms with Crippen LogP contribution in [0.3, 0.4) is 0 Å². The molecule has 1 aliphatic rings. The summed E-state index contributed by atoms with van der Waals surface area (Å²) in [6.45, 7) is 3.83. The highest BCUT2D eigenvalue weighted by Gasteiger charge is 2.39. The Hall–Kier alpha value is -3.78. The Morgan fingerprint density at radius 3 is 2.22 bits per heavy atom. The Morgan fingerprint density at radius 1 is 0.889 bits per heavy atom. The number of carbonyl (C=O) groups is 1. The van der Waals surface area contributed by atoms with Crippen molar-refractivity contribution in [3.63, 3.8) is 0 Å². The summed E-state index contributed by atoms with van der Waals surface area (Å²) < 4.78 is 50.1. The molecule has 36 heavy (non-hydrogen) atoms. The Labute approximate surface area is 211 Å². The maximum absolute atomic E-state index is 14.1. The minimum atomic E-state index is -4.16. The Bertz CT molecular complexity index is 1420. The molecule has 4 rings (SSSR count). The van der Waals surface area contributed by atoms with E-state index in [1.165, 1.54) is 39.5 Å². The molecule has 0 radical (unpaired) electrons. The van der Waals surface area contributed by atoms with E-state index < -0.39 is 26.5 Å². The fourth-order valence-electron chi connectivity index (χ4n) is 4.22. The SMILES string of the molecule is COc1ccc(C(C(=O)c2ccc3c(c2OC)C=CC(C)(C)O3)S(=O)(=O)c2ccccc2)cc1OC. The van der Waals surface area contributed by atoms with E-state index in [0.717, 1.165) is 0 Å². The van der Waals surface area contributed by atoms with Crippen molar-refractivity contribution < 1.29 is 32.2 Å². The molecule has 0 N–H and O–H groups in total. The number of methoxy groups -OCH3 is 3. The number of hydrogen-bond acceptors (Lipinski definition) is 7. The van der Waals surface area contributed by atoms with Crippen LogP contribution in [0.15, 0.2) is 71.6 Å². The molecular formula is C28H28O7S. The van der Waals surface area contributed by atoms with Gasteiger partial charge < -0.3 is 18.9 Å². The third-order valence-electron chi connectivity index (χ3n) is 5.98.